The Labute approximate surface area is 197 Å². The van der Waals surface area contributed by atoms with Gasteiger partial charge in [-0.2, -0.15) is 0 Å². The summed E-state index contributed by atoms with van der Waals surface area (Å²) < 4.78 is 36.8. The Morgan fingerprint density at radius 3 is 1.67 bits per heavy atom. The highest BCUT2D eigenvalue weighted by atomic mass is 32.2. The van der Waals surface area contributed by atoms with Crippen molar-refractivity contribution < 1.29 is 13.2 Å². The predicted molar refractivity (Wildman–Crippen MR) is 135 cm³/mol. The van der Waals surface area contributed by atoms with E-state index in [1.54, 1.807) is 36.4 Å². The third-order valence-electron chi connectivity index (χ3n) is 4.55. The summed E-state index contributed by atoms with van der Waals surface area (Å²) in [4.78, 5) is 1.14. The quantitative estimate of drug-likeness (QED) is 0.193. The number of ether oxygens (including phenoxy) is 1. The molecule has 0 aromatic heterocycles. The average Bonchev–Trinajstić information content (AvgIpc) is 2.81. The van der Waals surface area contributed by atoms with Crippen LogP contribution in [-0.4, -0.2) is 8.42 Å². The maximum Gasteiger partial charge on any atom is 0.261 e. The van der Waals surface area contributed by atoms with Crippen molar-refractivity contribution in [1.29, 1.82) is 0 Å². The predicted octanol–water partition coefficient (Wildman–Crippen LogP) is 5.56. The highest BCUT2D eigenvalue weighted by molar-refractivity contribution is 8.00. The van der Waals surface area contributed by atoms with E-state index in [0.29, 0.717) is 22.9 Å². The van der Waals surface area contributed by atoms with Crippen LogP contribution in [0.4, 0.5) is 22.7 Å². The molecular formula is C24H22N4O3S2. The first-order chi connectivity index (χ1) is 15.9. The van der Waals surface area contributed by atoms with Gasteiger partial charge in [-0.1, -0.05) is 0 Å². The van der Waals surface area contributed by atoms with Gasteiger partial charge in [-0.25, -0.2) is 8.42 Å². The summed E-state index contributed by atoms with van der Waals surface area (Å²) in [6.45, 7) is 0. The zero-order chi connectivity index (χ0) is 23.3. The molecule has 7 nitrogen and oxygen atoms in total. The zero-order valence-corrected chi connectivity index (χ0v) is 19.1. The van der Waals surface area contributed by atoms with E-state index in [0.717, 1.165) is 16.3 Å². The van der Waals surface area contributed by atoms with Crippen LogP contribution in [0.15, 0.2) is 107 Å². The summed E-state index contributed by atoms with van der Waals surface area (Å²) >= 11 is 1.47. The molecule has 4 aromatic carbocycles. The van der Waals surface area contributed by atoms with Crippen molar-refractivity contribution >= 4 is 44.7 Å². The maximum atomic E-state index is 12.6. The van der Waals surface area contributed by atoms with Crippen molar-refractivity contribution in [1.82, 2.24) is 0 Å². The minimum Gasteiger partial charge on any atom is -0.457 e. The van der Waals surface area contributed by atoms with Crippen LogP contribution >= 0.6 is 11.9 Å². The number of hydrogen-bond acceptors (Lipinski definition) is 7. The van der Waals surface area contributed by atoms with Gasteiger partial charge in [-0.15, -0.1) is 0 Å². The molecule has 33 heavy (non-hydrogen) atoms. The average molecular weight is 479 g/mol. The second kappa shape index (κ2) is 9.76. The lowest BCUT2D eigenvalue weighted by Crippen LogP contribution is -2.12. The molecule has 0 aliphatic heterocycles. The van der Waals surface area contributed by atoms with Crippen LogP contribution in [0, 0.1) is 0 Å². The van der Waals surface area contributed by atoms with E-state index in [-0.39, 0.29) is 4.90 Å². The Bertz CT molecular complexity index is 1310. The van der Waals surface area contributed by atoms with Crippen molar-refractivity contribution in [2.24, 2.45) is 0 Å². The monoisotopic (exact) mass is 478 g/mol. The topological polar surface area (TPSA) is 119 Å². The number of sulfonamides is 1. The van der Waals surface area contributed by atoms with Crippen molar-refractivity contribution in [3.63, 3.8) is 0 Å². The number of nitrogens with one attached hydrogen (secondary N) is 2. The summed E-state index contributed by atoms with van der Waals surface area (Å²) in [7, 11) is -3.72. The molecule has 6 N–H and O–H groups in total. The largest absolute Gasteiger partial charge is 0.457 e. The number of benzene rings is 4. The number of nitrogen functional groups attached to an aromatic ring is 2. The summed E-state index contributed by atoms with van der Waals surface area (Å²) in [5, 5.41) is 0. The van der Waals surface area contributed by atoms with Gasteiger partial charge in [0.05, 0.1) is 4.90 Å². The van der Waals surface area contributed by atoms with E-state index in [2.05, 4.69) is 9.44 Å². The molecule has 0 aliphatic rings. The summed E-state index contributed by atoms with van der Waals surface area (Å²) in [6, 6.07) is 27.8. The van der Waals surface area contributed by atoms with Crippen molar-refractivity contribution in [3.8, 4) is 11.5 Å². The van der Waals surface area contributed by atoms with E-state index in [9.17, 15) is 8.42 Å². The first-order valence-electron chi connectivity index (χ1n) is 9.92. The first kappa shape index (κ1) is 22.4. The van der Waals surface area contributed by atoms with Crippen LogP contribution in [0.3, 0.4) is 0 Å². The number of rotatable bonds is 8. The molecule has 0 saturated heterocycles. The molecule has 0 amide bonds. The van der Waals surface area contributed by atoms with E-state index in [4.69, 9.17) is 16.2 Å². The fourth-order valence-corrected chi connectivity index (χ4v) is 4.54. The van der Waals surface area contributed by atoms with E-state index in [1.807, 2.05) is 48.5 Å². The lowest BCUT2D eigenvalue weighted by Gasteiger charge is -2.10. The van der Waals surface area contributed by atoms with Crippen molar-refractivity contribution in [2.45, 2.75) is 9.79 Å². The van der Waals surface area contributed by atoms with Gasteiger partial charge in [0.2, 0.25) is 0 Å². The van der Waals surface area contributed by atoms with E-state index in [1.165, 1.54) is 24.1 Å². The molecule has 9 heteroatoms. The van der Waals surface area contributed by atoms with Gasteiger partial charge >= 0.3 is 0 Å². The molecule has 0 fully saturated rings. The molecule has 0 heterocycles. The minimum absolute atomic E-state index is 0.132. The van der Waals surface area contributed by atoms with Crippen LogP contribution in [0.5, 0.6) is 11.5 Å². The first-order valence-corrected chi connectivity index (χ1v) is 12.2. The molecule has 0 unspecified atom stereocenters. The van der Waals surface area contributed by atoms with Crippen LogP contribution in [0.25, 0.3) is 0 Å². The van der Waals surface area contributed by atoms with Gasteiger partial charge in [0.15, 0.2) is 0 Å². The summed E-state index contributed by atoms with van der Waals surface area (Å²) in [5.74, 6) is 1.17. The van der Waals surface area contributed by atoms with Gasteiger partial charge in [-0.05, 0) is 109 Å². The fourth-order valence-electron chi connectivity index (χ4n) is 2.83. The molecular weight excluding hydrogens is 456 g/mol. The summed E-state index contributed by atoms with van der Waals surface area (Å²) in [5.41, 5.74) is 14.0. The van der Waals surface area contributed by atoms with E-state index < -0.39 is 10.0 Å². The smallest absolute Gasteiger partial charge is 0.261 e. The van der Waals surface area contributed by atoms with Crippen LogP contribution < -0.4 is 25.6 Å². The van der Waals surface area contributed by atoms with Gasteiger partial charge < -0.3 is 20.9 Å². The molecule has 0 atom stereocenters. The fraction of sp³-hybridized carbons (Fsp3) is 0. The number of hydrogen-bond donors (Lipinski definition) is 4. The highest BCUT2D eigenvalue weighted by Gasteiger charge is 2.14. The van der Waals surface area contributed by atoms with Gasteiger partial charge in [-0.3, -0.25) is 4.72 Å². The third-order valence-corrected chi connectivity index (χ3v) is 6.80. The molecule has 0 saturated carbocycles. The lowest BCUT2D eigenvalue weighted by atomic mass is 10.3. The summed E-state index contributed by atoms with van der Waals surface area (Å²) in [6.07, 6.45) is 0. The van der Waals surface area contributed by atoms with Gasteiger partial charge in [0.25, 0.3) is 10.0 Å². The standard InChI is InChI=1S/C24H22N4O3S2/c25-17-1-5-19(6-2-17)27-32-23-13-9-21(10-14-23)31-22-11-15-24(16-12-22)33(29,30)28-20-7-3-18(26)4-8-20/h1-16,27-28H,25-26H2. The number of nitrogens with two attached hydrogens (primary N) is 2. The molecule has 0 spiro atoms. The Balaban J connectivity index is 1.35. The number of anilines is 4. The third kappa shape index (κ3) is 6.12. The second-order valence-corrected chi connectivity index (χ2v) is 9.66. The Kier molecular flexibility index (Phi) is 6.62. The lowest BCUT2D eigenvalue weighted by molar-refractivity contribution is 0.482. The highest BCUT2D eigenvalue weighted by Crippen LogP contribution is 2.27. The van der Waals surface area contributed by atoms with Crippen LogP contribution in [0.2, 0.25) is 0 Å². The van der Waals surface area contributed by atoms with E-state index >= 15 is 0 Å². The molecule has 0 bridgehead atoms. The van der Waals surface area contributed by atoms with Gasteiger partial charge in [0.1, 0.15) is 11.5 Å². The van der Waals surface area contributed by atoms with Crippen molar-refractivity contribution in [3.05, 3.63) is 97.1 Å². The normalized spacial score (nSPS) is 11.0. The Hall–Kier alpha value is -3.82. The zero-order valence-electron chi connectivity index (χ0n) is 17.4. The maximum absolute atomic E-state index is 12.6. The second-order valence-electron chi connectivity index (χ2n) is 7.10. The molecule has 0 radical (unpaired) electrons. The van der Waals surface area contributed by atoms with Gasteiger partial charge in [0, 0.05) is 27.6 Å². The van der Waals surface area contributed by atoms with Crippen LogP contribution in [0.1, 0.15) is 0 Å². The molecule has 4 rings (SSSR count). The van der Waals surface area contributed by atoms with Crippen LogP contribution in [-0.2, 0) is 10.0 Å². The Morgan fingerprint density at radius 2 is 1.12 bits per heavy atom. The van der Waals surface area contributed by atoms with Crippen molar-refractivity contribution in [2.75, 3.05) is 20.9 Å². The minimum atomic E-state index is -3.72. The molecule has 4 aromatic rings. The SMILES string of the molecule is Nc1ccc(NSc2ccc(Oc3ccc(S(=O)(=O)Nc4ccc(N)cc4)cc3)cc2)cc1. The Morgan fingerprint density at radius 1 is 0.636 bits per heavy atom. The molecule has 168 valence electrons. The molecule has 0 aliphatic carbocycles.